The Kier molecular flexibility index (Phi) is 4.36. The van der Waals surface area contributed by atoms with Crippen LogP contribution in [0.2, 0.25) is 0 Å². The molecule has 0 aromatic carbocycles. The fourth-order valence-corrected chi connectivity index (χ4v) is 1.61. The minimum Gasteiger partial charge on any atom is -0.386 e. The molecule has 2 atom stereocenters. The maximum atomic E-state index is 10.4. The van der Waals surface area contributed by atoms with Gasteiger partial charge in [-0.1, -0.05) is 27.7 Å². The van der Waals surface area contributed by atoms with E-state index in [1.165, 1.54) is 0 Å². The molecule has 2 unspecified atom stereocenters. The molecule has 0 fully saturated rings. The molecule has 4 N–H and O–H groups in total. The van der Waals surface area contributed by atoms with Crippen LogP contribution >= 0.6 is 0 Å². The molecule has 0 aliphatic carbocycles. The summed E-state index contributed by atoms with van der Waals surface area (Å²) in [5, 5.41) is 13.6. The van der Waals surface area contributed by atoms with Crippen LogP contribution in [0.4, 0.5) is 0 Å². The molecule has 0 saturated heterocycles. The van der Waals surface area contributed by atoms with E-state index in [0.717, 1.165) is 6.54 Å². The van der Waals surface area contributed by atoms with Gasteiger partial charge in [-0.25, -0.2) is 0 Å². The fourth-order valence-electron chi connectivity index (χ4n) is 1.61. The summed E-state index contributed by atoms with van der Waals surface area (Å²) in [7, 11) is 0. The minimum atomic E-state index is -0.844. The van der Waals surface area contributed by atoms with E-state index >= 15 is 0 Å². The zero-order valence-corrected chi connectivity index (χ0v) is 9.52. The highest BCUT2D eigenvalue weighted by Crippen LogP contribution is 2.32. The van der Waals surface area contributed by atoms with E-state index in [9.17, 15) is 5.11 Å². The average Bonchev–Trinajstić information content (AvgIpc) is 2.01. The zero-order valence-electron chi connectivity index (χ0n) is 9.52. The fraction of sp³-hybridized carbons (Fsp3) is 1.00. The lowest BCUT2D eigenvalue weighted by molar-refractivity contribution is -0.0741. The second kappa shape index (κ2) is 4.40. The molecule has 0 radical (unpaired) electrons. The number of nitrogens with two attached hydrogens (primary N) is 1. The molecule has 0 amide bonds. The Morgan fingerprint density at radius 3 is 2.08 bits per heavy atom. The van der Waals surface area contributed by atoms with Crippen LogP contribution in [0.25, 0.3) is 0 Å². The molecule has 13 heavy (non-hydrogen) atoms. The van der Waals surface area contributed by atoms with Crippen LogP contribution in [0.15, 0.2) is 0 Å². The predicted octanol–water partition coefficient (Wildman–Crippen LogP) is 0.720. The van der Waals surface area contributed by atoms with Crippen LogP contribution in [0.5, 0.6) is 0 Å². The van der Waals surface area contributed by atoms with Crippen molar-refractivity contribution < 1.29 is 5.11 Å². The normalized spacial score (nSPS) is 19.6. The first kappa shape index (κ1) is 12.9. The first-order chi connectivity index (χ1) is 5.79. The highest BCUT2D eigenvalue weighted by Gasteiger charge is 2.43. The predicted molar refractivity (Wildman–Crippen MR) is 56.6 cm³/mol. The van der Waals surface area contributed by atoms with Gasteiger partial charge in [0.15, 0.2) is 0 Å². The number of likely N-dealkylation sites (N-methyl/N-ethyl adjacent to an activating group) is 1. The molecule has 3 nitrogen and oxygen atoms in total. The van der Waals surface area contributed by atoms with Crippen molar-refractivity contribution in [3.8, 4) is 0 Å². The van der Waals surface area contributed by atoms with Crippen molar-refractivity contribution in [3.63, 3.8) is 0 Å². The number of aliphatic hydroxyl groups is 1. The summed E-state index contributed by atoms with van der Waals surface area (Å²) < 4.78 is 0. The first-order valence-corrected chi connectivity index (χ1v) is 4.95. The van der Waals surface area contributed by atoms with Gasteiger partial charge in [-0.2, -0.15) is 0 Å². The summed E-state index contributed by atoms with van der Waals surface area (Å²) in [6, 6.07) is 0.0162. The Morgan fingerprint density at radius 2 is 1.85 bits per heavy atom. The largest absolute Gasteiger partial charge is 0.386 e. The van der Waals surface area contributed by atoms with Crippen molar-refractivity contribution in [1.82, 2.24) is 5.32 Å². The van der Waals surface area contributed by atoms with Gasteiger partial charge in [0.2, 0.25) is 0 Å². The lowest BCUT2D eigenvalue weighted by Gasteiger charge is -2.44. The summed E-state index contributed by atoms with van der Waals surface area (Å²) in [4.78, 5) is 0. The average molecular weight is 188 g/mol. The Labute approximate surface area is 81.7 Å². The van der Waals surface area contributed by atoms with Crippen molar-refractivity contribution in [2.24, 2.45) is 11.1 Å². The topological polar surface area (TPSA) is 58.3 Å². The molecule has 0 aliphatic rings. The lowest BCUT2D eigenvalue weighted by Crippen LogP contribution is -2.61. The SMILES string of the molecule is CCNC(C)C(O)(CN)C(C)(C)C. The monoisotopic (exact) mass is 188 g/mol. The molecular formula is C10H24N2O. The van der Waals surface area contributed by atoms with Gasteiger partial charge in [-0.15, -0.1) is 0 Å². The van der Waals surface area contributed by atoms with Crippen molar-refractivity contribution in [3.05, 3.63) is 0 Å². The standard InChI is InChI=1S/C10H24N2O/c1-6-12-8(2)10(13,7-11)9(3,4)5/h8,12-13H,6-7,11H2,1-5H3. The third kappa shape index (κ3) is 2.66. The van der Waals surface area contributed by atoms with Gasteiger partial charge in [0.25, 0.3) is 0 Å². The molecule has 3 heteroatoms. The summed E-state index contributed by atoms with van der Waals surface area (Å²) >= 11 is 0. The second-order valence-corrected chi connectivity index (χ2v) is 4.66. The number of hydrogen-bond acceptors (Lipinski definition) is 3. The van der Waals surface area contributed by atoms with E-state index in [1.807, 2.05) is 34.6 Å². The summed E-state index contributed by atoms with van der Waals surface area (Å²) in [6.07, 6.45) is 0. The van der Waals surface area contributed by atoms with E-state index < -0.39 is 5.60 Å². The second-order valence-electron chi connectivity index (χ2n) is 4.66. The summed E-state index contributed by atoms with van der Waals surface area (Å²) in [5.41, 5.74) is 4.59. The van der Waals surface area contributed by atoms with Crippen molar-refractivity contribution in [2.45, 2.75) is 46.3 Å². The van der Waals surface area contributed by atoms with Gasteiger partial charge >= 0.3 is 0 Å². The van der Waals surface area contributed by atoms with Gasteiger partial charge in [0.05, 0.1) is 5.60 Å². The van der Waals surface area contributed by atoms with Crippen LogP contribution in [0.3, 0.4) is 0 Å². The number of rotatable bonds is 4. The Hall–Kier alpha value is -0.120. The summed E-state index contributed by atoms with van der Waals surface area (Å²) in [6.45, 7) is 11.1. The van der Waals surface area contributed by atoms with Gasteiger partial charge in [0, 0.05) is 12.6 Å². The maximum absolute atomic E-state index is 10.4. The maximum Gasteiger partial charge on any atom is 0.0966 e. The third-order valence-corrected chi connectivity index (χ3v) is 2.84. The molecule has 0 bridgehead atoms. The Bertz CT molecular complexity index is 153. The van der Waals surface area contributed by atoms with Gasteiger partial charge in [-0.3, -0.25) is 0 Å². The van der Waals surface area contributed by atoms with Gasteiger partial charge in [-0.05, 0) is 18.9 Å². The van der Waals surface area contributed by atoms with Crippen molar-refractivity contribution in [1.29, 1.82) is 0 Å². The number of nitrogens with one attached hydrogen (secondary N) is 1. The molecular weight excluding hydrogens is 164 g/mol. The molecule has 0 aliphatic heterocycles. The van der Waals surface area contributed by atoms with Crippen LogP contribution in [-0.4, -0.2) is 29.8 Å². The van der Waals surface area contributed by atoms with E-state index in [-0.39, 0.29) is 18.0 Å². The van der Waals surface area contributed by atoms with Crippen molar-refractivity contribution >= 4 is 0 Å². The lowest BCUT2D eigenvalue weighted by atomic mass is 9.72. The molecule has 0 spiro atoms. The smallest absolute Gasteiger partial charge is 0.0966 e. The highest BCUT2D eigenvalue weighted by atomic mass is 16.3. The van der Waals surface area contributed by atoms with Gasteiger partial charge in [0.1, 0.15) is 0 Å². The first-order valence-electron chi connectivity index (χ1n) is 4.95. The third-order valence-electron chi connectivity index (χ3n) is 2.84. The molecule has 0 aromatic rings. The van der Waals surface area contributed by atoms with E-state index in [1.54, 1.807) is 0 Å². The van der Waals surface area contributed by atoms with Crippen LogP contribution in [-0.2, 0) is 0 Å². The van der Waals surface area contributed by atoms with E-state index in [2.05, 4.69) is 5.32 Å². The van der Waals surface area contributed by atoms with Crippen LogP contribution in [0.1, 0.15) is 34.6 Å². The zero-order chi connectivity index (χ0) is 10.7. The molecule has 0 heterocycles. The van der Waals surface area contributed by atoms with Crippen LogP contribution < -0.4 is 11.1 Å². The molecule has 0 saturated carbocycles. The van der Waals surface area contributed by atoms with E-state index in [0.29, 0.717) is 0 Å². The molecule has 80 valence electrons. The van der Waals surface area contributed by atoms with E-state index in [4.69, 9.17) is 5.73 Å². The quantitative estimate of drug-likeness (QED) is 0.609. The minimum absolute atomic E-state index is 0.0162. The summed E-state index contributed by atoms with van der Waals surface area (Å²) in [5.74, 6) is 0. The Morgan fingerprint density at radius 1 is 1.38 bits per heavy atom. The Balaban J connectivity index is 4.62. The molecule has 0 rings (SSSR count). The van der Waals surface area contributed by atoms with Crippen LogP contribution in [0, 0.1) is 5.41 Å². The van der Waals surface area contributed by atoms with Gasteiger partial charge < -0.3 is 16.2 Å². The number of hydrogen-bond donors (Lipinski definition) is 3. The van der Waals surface area contributed by atoms with Crippen molar-refractivity contribution in [2.75, 3.05) is 13.1 Å². The molecule has 0 aromatic heterocycles. The highest BCUT2D eigenvalue weighted by molar-refractivity contribution is 4.98.